The van der Waals surface area contributed by atoms with Crippen molar-refractivity contribution in [2.75, 3.05) is 39.5 Å². The van der Waals surface area contributed by atoms with Gasteiger partial charge in [-0.2, -0.15) is 0 Å². The molecular formula is C57H105NO5. The second-order valence-corrected chi connectivity index (χ2v) is 22.6. The second kappa shape index (κ2) is 30.4. The molecule has 0 aromatic rings. The van der Waals surface area contributed by atoms with Crippen molar-refractivity contribution >= 4 is 5.97 Å². The van der Waals surface area contributed by atoms with Gasteiger partial charge in [0.15, 0.2) is 6.29 Å². The number of hydrogen-bond acceptors (Lipinski definition) is 6. The van der Waals surface area contributed by atoms with Gasteiger partial charge in [0.1, 0.15) is 6.10 Å². The zero-order chi connectivity index (χ0) is 45.3. The topological polar surface area (TPSA) is 68.2 Å². The molecule has 6 nitrogen and oxygen atoms in total. The van der Waals surface area contributed by atoms with Gasteiger partial charge in [0.25, 0.3) is 0 Å². The van der Waals surface area contributed by atoms with Crippen LogP contribution in [0.2, 0.25) is 0 Å². The first-order valence-electron chi connectivity index (χ1n) is 28.0. The van der Waals surface area contributed by atoms with Crippen LogP contribution in [0.1, 0.15) is 248 Å². The summed E-state index contributed by atoms with van der Waals surface area (Å²) in [5.41, 5.74) is 2.45. The molecule has 8 unspecified atom stereocenters. The summed E-state index contributed by atoms with van der Waals surface area (Å²) < 4.78 is 18.6. The van der Waals surface area contributed by atoms with Crippen molar-refractivity contribution < 1.29 is 24.1 Å². The molecule has 6 heteroatoms. The second-order valence-electron chi connectivity index (χ2n) is 22.6. The van der Waals surface area contributed by atoms with Gasteiger partial charge in [-0.05, 0) is 169 Å². The lowest BCUT2D eigenvalue weighted by Crippen LogP contribution is -2.51. The van der Waals surface area contributed by atoms with Crippen molar-refractivity contribution in [3.63, 3.8) is 0 Å². The Hall–Kier alpha value is -0.950. The van der Waals surface area contributed by atoms with Crippen LogP contribution < -0.4 is 0 Å². The van der Waals surface area contributed by atoms with E-state index in [-0.39, 0.29) is 25.0 Å². The molecule has 0 radical (unpaired) electrons. The van der Waals surface area contributed by atoms with Gasteiger partial charge in [0.2, 0.25) is 0 Å². The standard InChI is InChI=1S/C57H105NO5/c1-8-10-12-24-43-61-55(62-44-25-13-11-9-2)30-19-15-14-16-20-39-58(41-22-23-42-59)40-21-17-18-29-54(60)63-49-35-37-56(6)48(45-49)31-32-50-52-34-33-51(47(5)28-26-27-46(3)4)57(52,7)38-36-53(50)56/h31,46-47,49-53,55,59H,8-30,32-45H2,1-7H3. The number of aliphatic hydroxyl groups excluding tert-OH is 1. The highest BCUT2D eigenvalue weighted by Gasteiger charge is 2.59. The van der Waals surface area contributed by atoms with E-state index < -0.39 is 0 Å². The van der Waals surface area contributed by atoms with E-state index in [1.54, 1.807) is 5.57 Å². The van der Waals surface area contributed by atoms with Gasteiger partial charge in [-0.25, -0.2) is 0 Å². The largest absolute Gasteiger partial charge is 0.462 e. The Morgan fingerprint density at radius 2 is 1.33 bits per heavy atom. The summed E-state index contributed by atoms with van der Waals surface area (Å²) in [4.78, 5) is 15.8. The van der Waals surface area contributed by atoms with Gasteiger partial charge in [-0.1, -0.05) is 144 Å². The number of hydrogen-bond donors (Lipinski definition) is 1. The van der Waals surface area contributed by atoms with Gasteiger partial charge in [-0.15, -0.1) is 0 Å². The number of allylic oxidation sites excluding steroid dienone is 1. The van der Waals surface area contributed by atoms with E-state index in [4.69, 9.17) is 14.2 Å². The minimum atomic E-state index is -0.0322. The molecule has 4 rings (SSSR count). The van der Waals surface area contributed by atoms with E-state index in [0.717, 1.165) is 133 Å². The molecule has 0 amide bonds. The van der Waals surface area contributed by atoms with Crippen molar-refractivity contribution in [2.45, 2.75) is 260 Å². The number of fused-ring (bicyclic) bond motifs is 5. The fraction of sp³-hybridized carbons (Fsp3) is 0.947. The normalized spacial score (nSPS) is 27.4. The average molecular weight is 884 g/mol. The molecule has 3 saturated carbocycles. The zero-order valence-electron chi connectivity index (χ0n) is 42.9. The van der Waals surface area contributed by atoms with Gasteiger partial charge in [0, 0.05) is 32.7 Å². The number of aliphatic hydroxyl groups is 1. The molecule has 0 aliphatic heterocycles. The maximum Gasteiger partial charge on any atom is 0.306 e. The molecule has 0 spiro atoms. The fourth-order valence-corrected chi connectivity index (χ4v) is 13.4. The Kier molecular flexibility index (Phi) is 26.4. The van der Waals surface area contributed by atoms with Crippen LogP contribution in [0.4, 0.5) is 0 Å². The zero-order valence-corrected chi connectivity index (χ0v) is 42.9. The van der Waals surface area contributed by atoms with E-state index >= 15 is 0 Å². The Morgan fingerprint density at radius 1 is 0.698 bits per heavy atom. The Balaban J connectivity index is 1.10. The molecule has 63 heavy (non-hydrogen) atoms. The van der Waals surface area contributed by atoms with Crippen LogP contribution >= 0.6 is 0 Å². The SMILES string of the molecule is CCCCCCOC(CCCCCCCN(CCCCO)CCCCCC(=O)OC1CCC2(C)C(=CCC3C2CCC2(C)C(C(C)CCCC(C)C)CCC32)C1)OCCCCCC. The van der Waals surface area contributed by atoms with Gasteiger partial charge in [0.05, 0.1) is 0 Å². The number of esters is 1. The highest BCUT2D eigenvalue weighted by atomic mass is 16.7. The van der Waals surface area contributed by atoms with E-state index in [1.165, 1.54) is 128 Å². The third kappa shape index (κ3) is 18.2. The summed E-state index contributed by atoms with van der Waals surface area (Å²) in [6, 6.07) is 0. The predicted molar refractivity (Wildman–Crippen MR) is 266 cm³/mol. The maximum atomic E-state index is 13.2. The first kappa shape index (κ1) is 54.7. The minimum Gasteiger partial charge on any atom is -0.462 e. The third-order valence-corrected chi connectivity index (χ3v) is 17.3. The lowest BCUT2D eigenvalue weighted by Gasteiger charge is -2.58. The highest BCUT2D eigenvalue weighted by Crippen LogP contribution is 2.67. The van der Waals surface area contributed by atoms with Crippen molar-refractivity contribution in [1.82, 2.24) is 4.90 Å². The molecule has 0 aromatic heterocycles. The Morgan fingerprint density at radius 3 is 2.00 bits per heavy atom. The van der Waals surface area contributed by atoms with E-state index in [0.29, 0.717) is 17.3 Å². The quantitative estimate of drug-likeness (QED) is 0.0293. The Labute approximate surface area is 391 Å². The third-order valence-electron chi connectivity index (χ3n) is 17.3. The van der Waals surface area contributed by atoms with Gasteiger partial charge in [-0.3, -0.25) is 4.79 Å². The van der Waals surface area contributed by atoms with E-state index in [1.807, 2.05) is 0 Å². The molecule has 0 saturated heterocycles. The molecule has 4 aliphatic carbocycles. The summed E-state index contributed by atoms with van der Waals surface area (Å²) >= 11 is 0. The van der Waals surface area contributed by atoms with Crippen molar-refractivity contribution in [3.8, 4) is 0 Å². The number of carbonyl (C=O) groups is 1. The van der Waals surface area contributed by atoms with Crippen LogP contribution in [0, 0.1) is 46.3 Å². The fourth-order valence-electron chi connectivity index (χ4n) is 13.4. The monoisotopic (exact) mass is 884 g/mol. The number of unbranched alkanes of at least 4 members (excludes halogenated alkanes) is 13. The lowest BCUT2D eigenvalue weighted by atomic mass is 9.47. The molecule has 368 valence electrons. The first-order valence-corrected chi connectivity index (χ1v) is 28.0. The van der Waals surface area contributed by atoms with Crippen LogP contribution in [0.5, 0.6) is 0 Å². The molecule has 8 atom stereocenters. The van der Waals surface area contributed by atoms with Crippen LogP contribution in [-0.2, 0) is 19.0 Å². The van der Waals surface area contributed by atoms with Crippen molar-refractivity contribution in [3.05, 3.63) is 11.6 Å². The van der Waals surface area contributed by atoms with Crippen LogP contribution in [0.25, 0.3) is 0 Å². The van der Waals surface area contributed by atoms with Crippen molar-refractivity contribution in [1.29, 1.82) is 0 Å². The summed E-state index contributed by atoms with van der Waals surface area (Å²) in [7, 11) is 0. The van der Waals surface area contributed by atoms with Crippen LogP contribution in [0.15, 0.2) is 11.6 Å². The minimum absolute atomic E-state index is 0.0222. The van der Waals surface area contributed by atoms with E-state index in [9.17, 15) is 9.90 Å². The summed E-state index contributed by atoms with van der Waals surface area (Å²) in [5, 5.41) is 9.42. The summed E-state index contributed by atoms with van der Waals surface area (Å²) in [6.45, 7) is 22.4. The number of nitrogens with zero attached hydrogens (tertiary/aromatic N) is 1. The lowest BCUT2D eigenvalue weighted by molar-refractivity contribution is -0.151. The average Bonchev–Trinajstić information content (AvgIpc) is 3.62. The maximum absolute atomic E-state index is 13.2. The molecular weight excluding hydrogens is 779 g/mol. The van der Waals surface area contributed by atoms with Crippen LogP contribution in [0.3, 0.4) is 0 Å². The Bertz CT molecular complexity index is 1220. The highest BCUT2D eigenvalue weighted by molar-refractivity contribution is 5.69. The molecule has 0 heterocycles. The number of rotatable bonds is 36. The smallest absolute Gasteiger partial charge is 0.306 e. The molecule has 1 N–H and O–H groups in total. The van der Waals surface area contributed by atoms with Crippen LogP contribution in [-0.4, -0.2) is 67.8 Å². The molecule has 0 bridgehead atoms. The van der Waals surface area contributed by atoms with Gasteiger partial charge >= 0.3 is 5.97 Å². The summed E-state index contributed by atoms with van der Waals surface area (Å²) in [5.74, 6) is 5.16. The van der Waals surface area contributed by atoms with Crippen molar-refractivity contribution in [2.24, 2.45) is 46.3 Å². The number of carbonyl (C=O) groups excluding carboxylic acids is 1. The summed E-state index contributed by atoms with van der Waals surface area (Å²) in [6.07, 6.45) is 39.7. The first-order chi connectivity index (χ1) is 30.5. The van der Waals surface area contributed by atoms with E-state index in [2.05, 4.69) is 59.4 Å². The number of ether oxygens (including phenoxy) is 3. The molecule has 0 aromatic carbocycles. The predicted octanol–water partition coefficient (Wildman–Crippen LogP) is 15.4. The van der Waals surface area contributed by atoms with Gasteiger partial charge < -0.3 is 24.2 Å². The molecule has 4 aliphatic rings. The molecule has 3 fully saturated rings.